The van der Waals surface area contributed by atoms with Crippen molar-refractivity contribution < 1.29 is 4.79 Å². The standard InChI is InChI=1S/C19H24N4O2/c1-14-8-17(9-18(24)21-14)19(25)23-7-5-16(13-23)12-22(2)11-15-4-3-6-20-10-15/h3-4,6,8-10,16H,5,7,11-13H2,1-2H3,(H,21,24)/t16-/m1/s1. The van der Waals surface area contributed by atoms with Crippen LogP contribution in [0.5, 0.6) is 0 Å². The van der Waals surface area contributed by atoms with Crippen molar-refractivity contribution in [2.75, 3.05) is 26.7 Å². The molecular weight excluding hydrogens is 316 g/mol. The second-order valence-electron chi connectivity index (χ2n) is 6.88. The Hall–Kier alpha value is -2.47. The van der Waals surface area contributed by atoms with Crippen molar-refractivity contribution in [1.82, 2.24) is 19.8 Å². The SMILES string of the molecule is Cc1cc(C(=O)N2CC[C@H](CN(C)Cc3cccnc3)C2)cc(=O)[nH]1. The summed E-state index contributed by atoms with van der Waals surface area (Å²) in [5, 5.41) is 0. The molecule has 1 atom stereocenters. The van der Waals surface area contributed by atoms with Crippen molar-refractivity contribution in [3.8, 4) is 0 Å². The van der Waals surface area contributed by atoms with Gasteiger partial charge in [-0.3, -0.25) is 14.6 Å². The monoisotopic (exact) mass is 340 g/mol. The molecule has 1 fully saturated rings. The van der Waals surface area contributed by atoms with E-state index in [1.54, 1.807) is 19.2 Å². The van der Waals surface area contributed by atoms with Crippen molar-refractivity contribution >= 4 is 5.91 Å². The molecule has 1 amide bonds. The van der Waals surface area contributed by atoms with Gasteiger partial charge in [0.25, 0.3) is 5.91 Å². The number of rotatable bonds is 5. The molecular formula is C19H24N4O2. The highest BCUT2D eigenvalue weighted by Gasteiger charge is 2.28. The van der Waals surface area contributed by atoms with Crippen LogP contribution in [0, 0.1) is 12.8 Å². The minimum atomic E-state index is -0.227. The van der Waals surface area contributed by atoms with Gasteiger partial charge in [0.1, 0.15) is 0 Å². The molecule has 25 heavy (non-hydrogen) atoms. The average molecular weight is 340 g/mol. The Morgan fingerprint density at radius 3 is 3.00 bits per heavy atom. The lowest BCUT2D eigenvalue weighted by Crippen LogP contribution is -2.32. The highest BCUT2D eigenvalue weighted by molar-refractivity contribution is 5.94. The molecule has 0 aliphatic carbocycles. The molecule has 0 radical (unpaired) electrons. The van der Waals surface area contributed by atoms with Gasteiger partial charge in [0.15, 0.2) is 0 Å². The first kappa shape index (κ1) is 17.4. The first-order valence-electron chi connectivity index (χ1n) is 8.59. The summed E-state index contributed by atoms with van der Waals surface area (Å²) in [4.78, 5) is 35.2. The van der Waals surface area contributed by atoms with Gasteiger partial charge in [0.2, 0.25) is 5.56 Å². The molecule has 6 heteroatoms. The summed E-state index contributed by atoms with van der Waals surface area (Å²) in [6, 6.07) is 7.15. The largest absolute Gasteiger partial charge is 0.338 e. The minimum absolute atomic E-state index is 0.0494. The molecule has 0 bridgehead atoms. The molecule has 1 saturated heterocycles. The number of hydrogen-bond donors (Lipinski definition) is 1. The second kappa shape index (κ2) is 7.61. The lowest BCUT2D eigenvalue weighted by atomic mass is 10.1. The fourth-order valence-corrected chi connectivity index (χ4v) is 3.46. The van der Waals surface area contributed by atoms with Crippen LogP contribution in [0.2, 0.25) is 0 Å². The van der Waals surface area contributed by atoms with Crippen molar-refractivity contribution in [3.63, 3.8) is 0 Å². The van der Waals surface area contributed by atoms with E-state index in [2.05, 4.69) is 28.0 Å². The Labute approximate surface area is 147 Å². The molecule has 3 rings (SSSR count). The number of nitrogens with one attached hydrogen (secondary N) is 1. The molecule has 2 aromatic rings. The molecule has 1 N–H and O–H groups in total. The number of aromatic nitrogens is 2. The van der Waals surface area contributed by atoms with Crippen molar-refractivity contribution in [1.29, 1.82) is 0 Å². The average Bonchev–Trinajstić information content (AvgIpc) is 3.02. The van der Waals surface area contributed by atoms with Gasteiger partial charge < -0.3 is 14.8 Å². The van der Waals surface area contributed by atoms with Gasteiger partial charge in [-0.1, -0.05) is 6.07 Å². The number of carbonyl (C=O) groups is 1. The van der Waals surface area contributed by atoms with Gasteiger partial charge in [-0.05, 0) is 44.0 Å². The van der Waals surface area contributed by atoms with E-state index < -0.39 is 0 Å². The zero-order chi connectivity index (χ0) is 17.8. The first-order chi connectivity index (χ1) is 12.0. The van der Waals surface area contributed by atoms with E-state index in [0.717, 1.165) is 32.6 Å². The quantitative estimate of drug-likeness (QED) is 0.899. The van der Waals surface area contributed by atoms with Gasteiger partial charge in [0.05, 0.1) is 0 Å². The zero-order valence-corrected chi connectivity index (χ0v) is 14.7. The van der Waals surface area contributed by atoms with Gasteiger partial charge in [-0.15, -0.1) is 0 Å². The summed E-state index contributed by atoms with van der Waals surface area (Å²) >= 11 is 0. The predicted molar refractivity (Wildman–Crippen MR) is 96.4 cm³/mol. The van der Waals surface area contributed by atoms with Gasteiger partial charge in [0, 0.05) is 55.9 Å². The summed E-state index contributed by atoms with van der Waals surface area (Å²) in [6.45, 7) is 5.06. The Bertz CT molecular complexity index is 788. The summed E-state index contributed by atoms with van der Waals surface area (Å²) in [6.07, 6.45) is 4.65. The number of nitrogens with zero attached hydrogens (tertiary/aromatic N) is 3. The van der Waals surface area contributed by atoms with Crippen molar-refractivity contribution in [2.45, 2.75) is 19.9 Å². The van der Waals surface area contributed by atoms with Crippen LogP contribution in [0.1, 0.15) is 28.0 Å². The Morgan fingerprint density at radius 1 is 1.44 bits per heavy atom. The number of amides is 1. The molecule has 0 saturated carbocycles. The maximum absolute atomic E-state index is 12.6. The Morgan fingerprint density at radius 2 is 2.28 bits per heavy atom. The fourth-order valence-electron chi connectivity index (χ4n) is 3.46. The van der Waals surface area contributed by atoms with Crippen LogP contribution in [0.25, 0.3) is 0 Å². The van der Waals surface area contributed by atoms with E-state index in [0.29, 0.717) is 17.2 Å². The van der Waals surface area contributed by atoms with E-state index in [-0.39, 0.29) is 11.5 Å². The molecule has 3 heterocycles. The maximum Gasteiger partial charge on any atom is 0.254 e. The van der Waals surface area contributed by atoms with Crippen LogP contribution in [0.15, 0.2) is 41.5 Å². The molecule has 1 aliphatic heterocycles. The number of carbonyl (C=O) groups excluding carboxylic acids is 1. The highest BCUT2D eigenvalue weighted by atomic mass is 16.2. The predicted octanol–water partition coefficient (Wildman–Crippen LogP) is 1.67. The number of hydrogen-bond acceptors (Lipinski definition) is 4. The topological polar surface area (TPSA) is 69.3 Å². The van der Waals surface area contributed by atoms with Crippen LogP contribution in [0.3, 0.4) is 0 Å². The lowest BCUT2D eigenvalue weighted by Gasteiger charge is -2.21. The van der Waals surface area contributed by atoms with E-state index in [1.807, 2.05) is 17.2 Å². The smallest absolute Gasteiger partial charge is 0.254 e. The van der Waals surface area contributed by atoms with Gasteiger partial charge in [-0.2, -0.15) is 0 Å². The number of H-pyrrole nitrogens is 1. The third kappa shape index (κ3) is 4.54. The molecule has 0 unspecified atom stereocenters. The zero-order valence-electron chi connectivity index (χ0n) is 14.7. The first-order valence-corrected chi connectivity index (χ1v) is 8.59. The number of likely N-dealkylation sites (tertiary alicyclic amines) is 1. The third-order valence-corrected chi connectivity index (χ3v) is 4.54. The molecule has 2 aromatic heterocycles. The van der Waals surface area contributed by atoms with Gasteiger partial charge in [-0.25, -0.2) is 0 Å². The molecule has 0 aromatic carbocycles. The van der Waals surface area contributed by atoms with Crippen molar-refractivity contribution in [2.24, 2.45) is 5.92 Å². The summed E-state index contributed by atoms with van der Waals surface area (Å²) in [5.41, 5.74) is 2.15. The second-order valence-corrected chi connectivity index (χ2v) is 6.88. The molecule has 132 valence electrons. The van der Waals surface area contributed by atoms with Gasteiger partial charge >= 0.3 is 0 Å². The summed E-state index contributed by atoms with van der Waals surface area (Å²) in [7, 11) is 2.09. The number of pyridine rings is 2. The lowest BCUT2D eigenvalue weighted by molar-refractivity contribution is 0.0783. The van der Waals surface area contributed by atoms with E-state index in [9.17, 15) is 9.59 Å². The maximum atomic E-state index is 12.6. The van der Waals surface area contributed by atoms with Crippen LogP contribution in [-0.4, -0.2) is 52.4 Å². The summed E-state index contributed by atoms with van der Waals surface area (Å²) < 4.78 is 0. The molecule has 1 aliphatic rings. The summed E-state index contributed by atoms with van der Waals surface area (Å²) in [5.74, 6) is 0.403. The van der Waals surface area contributed by atoms with Crippen LogP contribution in [-0.2, 0) is 6.54 Å². The normalized spacial score (nSPS) is 17.2. The number of aromatic amines is 1. The van der Waals surface area contributed by atoms with Crippen molar-refractivity contribution in [3.05, 3.63) is 63.8 Å². The molecule has 6 nitrogen and oxygen atoms in total. The van der Waals surface area contributed by atoms with Crippen LogP contribution >= 0.6 is 0 Å². The Balaban J connectivity index is 1.56. The highest BCUT2D eigenvalue weighted by Crippen LogP contribution is 2.20. The third-order valence-electron chi connectivity index (χ3n) is 4.54. The Kier molecular flexibility index (Phi) is 5.28. The minimum Gasteiger partial charge on any atom is -0.338 e. The van der Waals surface area contributed by atoms with Crippen LogP contribution < -0.4 is 5.56 Å². The van der Waals surface area contributed by atoms with Crippen LogP contribution in [0.4, 0.5) is 0 Å². The fraction of sp³-hybridized carbons (Fsp3) is 0.421. The van der Waals surface area contributed by atoms with E-state index in [4.69, 9.17) is 0 Å². The number of aryl methyl sites for hydroxylation is 1. The molecule has 0 spiro atoms. The van der Waals surface area contributed by atoms with E-state index >= 15 is 0 Å². The van der Waals surface area contributed by atoms with E-state index in [1.165, 1.54) is 11.6 Å².